The summed E-state index contributed by atoms with van der Waals surface area (Å²) in [6.45, 7) is 22.6. The molecular formula is C59H65N7O12. The molecule has 11 heterocycles. The highest BCUT2D eigenvalue weighted by Gasteiger charge is 2.51. The number of esters is 2. The zero-order valence-corrected chi connectivity index (χ0v) is 45.5. The number of carbonyl (C=O) groups is 2. The monoisotopic (exact) mass is 1060 g/mol. The minimum Gasteiger partial charge on any atom is -0.458 e. The number of benzene rings is 2. The number of carbonyl (C=O) groups excluding carboxylic acids is 2. The lowest BCUT2D eigenvalue weighted by atomic mass is 9.85. The van der Waals surface area contributed by atoms with Crippen molar-refractivity contribution in [1.82, 2.24) is 33.8 Å². The lowest BCUT2D eigenvalue weighted by Crippen LogP contribution is -2.49. The Labute approximate surface area is 450 Å². The second kappa shape index (κ2) is 18.9. The van der Waals surface area contributed by atoms with Gasteiger partial charge >= 0.3 is 11.9 Å². The van der Waals surface area contributed by atoms with Crippen LogP contribution in [0.4, 0.5) is 0 Å². The van der Waals surface area contributed by atoms with Gasteiger partial charge in [-0.3, -0.25) is 24.3 Å². The van der Waals surface area contributed by atoms with E-state index in [4.69, 9.17) is 47.9 Å². The van der Waals surface area contributed by atoms with Crippen LogP contribution in [-0.2, 0) is 79.1 Å². The number of aromatic nitrogens is 4. The van der Waals surface area contributed by atoms with Crippen molar-refractivity contribution >= 4 is 33.7 Å². The second-order valence-electron chi connectivity index (χ2n) is 22.0. The van der Waals surface area contributed by atoms with Gasteiger partial charge in [-0.05, 0) is 89.0 Å². The van der Waals surface area contributed by atoms with Crippen LogP contribution >= 0.6 is 0 Å². The minimum absolute atomic E-state index is 0.106. The number of rotatable bonds is 14. The fraction of sp³-hybridized carbons (Fsp3) is 0.492. The predicted octanol–water partition coefficient (Wildman–Crippen LogP) is 6.82. The van der Waals surface area contributed by atoms with Gasteiger partial charge in [0.15, 0.2) is 34.2 Å². The first-order valence-corrected chi connectivity index (χ1v) is 27.7. The molecule has 1 fully saturated rings. The summed E-state index contributed by atoms with van der Waals surface area (Å²) in [7, 11) is 0. The highest BCUT2D eigenvalue weighted by Crippen LogP contribution is 2.48. The maximum absolute atomic E-state index is 14.5. The van der Waals surface area contributed by atoms with Crippen molar-refractivity contribution in [3.8, 4) is 45.8 Å². The molecule has 19 heteroatoms. The standard InChI is InChI=1S/C59H65N7O12/c1-9-58(77-31(5)6)41-19-45-52-37(25-65(45)54(67)39(41)28-71-56(58)69)35(23-62(11-3)12-4)34-18-49-50(22-44(34)61-52)76-51(75-49)27-64-15-13-63(14-16-64)24-36-33-17-47-48(74-30-73-47)21-43(33)60-53-38(36)26-66-46(53)20-42-40(55(66)68)29-72-57(70)59(42,10-2)78-32(7)8/h17-22,31-32,51H,9-16,23-30H2,1-8H3/t51?,58-,59-/m0/s1. The van der Waals surface area contributed by atoms with Gasteiger partial charge in [0.2, 0.25) is 6.79 Å². The zero-order valence-electron chi connectivity index (χ0n) is 45.5. The third kappa shape index (κ3) is 7.77. The topological polar surface area (TPSA) is 187 Å². The molecule has 78 heavy (non-hydrogen) atoms. The molecule has 0 N–H and O–H groups in total. The fourth-order valence-corrected chi connectivity index (χ4v) is 13.1. The van der Waals surface area contributed by atoms with Gasteiger partial charge in [-0.1, -0.05) is 27.7 Å². The van der Waals surface area contributed by atoms with Crippen molar-refractivity contribution in [2.24, 2.45) is 0 Å². The molecule has 19 nitrogen and oxygen atoms in total. The highest BCUT2D eigenvalue weighted by atomic mass is 16.7. The molecule has 7 aliphatic rings. The molecule has 1 saturated heterocycles. The van der Waals surface area contributed by atoms with E-state index in [1.807, 2.05) is 71.9 Å². The Kier molecular flexibility index (Phi) is 12.3. The van der Waals surface area contributed by atoms with Crippen molar-refractivity contribution < 1.29 is 47.5 Å². The van der Waals surface area contributed by atoms with Crippen molar-refractivity contribution in [1.29, 1.82) is 0 Å². The van der Waals surface area contributed by atoms with Crippen molar-refractivity contribution in [2.45, 2.75) is 137 Å². The summed E-state index contributed by atoms with van der Waals surface area (Å²) in [6.07, 6.45) is -0.516. The first-order chi connectivity index (χ1) is 37.6. The summed E-state index contributed by atoms with van der Waals surface area (Å²) in [6, 6.07) is 11.8. The molecule has 0 radical (unpaired) electrons. The van der Waals surface area contributed by atoms with Crippen LogP contribution in [0.15, 0.2) is 46.0 Å². The van der Waals surface area contributed by atoms with E-state index in [1.54, 1.807) is 9.13 Å². The molecule has 7 aliphatic heterocycles. The Hall–Kier alpha value is -6.90. The van der Waals surface area contributed by atoms with Crippen molar-refractivity contribution in [2.75, 3.05) is 52.6 Å². The van der Waals surface area contributed by atoms with Gasteiger partial charge in [0.05, 0.1) is 76.8 Å². The lowest BCUT2D eigenvalue weighted by Gasteiger charge is -2.37. The van der Waals surface area contributed by atoms with Crippen LogP contribution in [0, 0.1) is 0 Å². The summed E-state index contributed by atoms with van der Waals surface area (Å²) >= 11 is 0. The molecule has 3 atom stereocenters. The molecule has 1 unspecified atom stereocenters. The number of cyclic esters (lactones) is 2. The number of piperazine rings is 1. The summed E-state index contributed by atoms with van der Waals surface area (Å²) in [5.41, 5.74) is 6.99. The van der Waals surface area contributed by atoms with E-state index in [1.165, 1.54) is 0 Å². The van der Waals surface area contributed by atoms with Crippen LogP contribution in [0.2, 0.25) is 0 Å². The minimum atomic E-state index is -1.41. The molecule has 408 valence electrons. The molecule has 6 aromatic rings. The molecule has 0 bridgehead atoms. The quantitative estimate of drug-likeness (QED) is 0.103. The summed E-state index contributed by atoms with van der Waals surface area (Å²) in [4.78, 5) is 73.7. The molecular weight excluding hydrogens is 999 g/mol. The Morgan fingerprint density at radius 2 is 1.08 bits per heavy atom. The second-order valence-corrected chi connectivity index (χ2v) is 22.0. The van der Waals surface area contributed by atoms with Crippen molar-refractivity contribution in [3.05, 3.63) is 102 Å². The van der Waals surface area contributed by atoms with E-state index in [0.717, 1.165) is 83.3 Å². The SMILES string of the molecule is CCN(CC)Cc1c2c(nc3cc4c(cc13)OC(CN1CCN(Cc3c5c(nc6cc7c(cc36)OCO7)-c3cc6c(c(=O)n3C5)COC(=O)[C@@]6(CC)OC(C)C)CC1)O4)-c1cc3c(c(=O)n1C2)COC(=O)[C@@]3(CC)OC(C)C. The maximum Gasteiger partial charge on any atom is 0.343 e. The Balaban J connectivity index is 0.770. The lowest BCUT2D eigenvalue weighted by molar-refractivity contribution is -0.187. The van der Waals surface area contributed by atoms with Crippen LogP contribution in [0.3, 0.4) is 0 Å². The third-order valence-corrected chi connectivity index (χ3v) is 17.0. The first-order valence-electron chi connectivity index (χ1n) is 27.7. The van der Waals surface area contributed by atoms with Crippen LogP contribution < -0.4 is 30.1 Å². The van der Waals surface area contributed by atoms with Gasteiger partial charge in [-0.15, -0.1) is 0 Å². The van der Waals surface area contributed by atoms with E-state index in [-0.39, 0.29) is 43.3 Å². The largest absolute Gasteiger partial charge is 0.458 e. The van der Waals surface area contributed by atoms with Gasteiger partial charge in [0, 0.05) is 84.4 Å². The Morgan fingerprint density at radius 1 is 0.603 bits per heavy atom. The van der Waals surface area contributed by atoms with E-state index in [0.29, 0.717) is 114 Å². The first kappa shape index (κ1) is 50.6. The summed E-state index contributed by atoms with van der Waals surface area (Å²) < 4.78 is 52.4. The number of hydrogen-bond acceptors (Lipinski definition) is 17. The van der Waals surface area contributed by atoms with Crippen LogP contribution in [-0.4, -0.2) is 117 Å². The van der Waals surface area contributed by atoms with Crippen LogP contribution in [0.25, 0.3) is 44.6 Å². The molecule has 0 spiro atoms. The summed E-state index contributed by atoms with van der Waals surface area (Å²) in [5.74, 6) is 1.56. The zero-order chi connectivity index (χ0) is 54.1. The van der Waals surface area contributed by atoms with Gasteiger partial charge in [0.25, 0.3) is 17.4 Å². The van der Waals surface area contributed by atoms with E-state index in [9.17, 15) is 19.2 Å². The van der Waals surface area contributed by atoms with Crippen LogP contribution in [0.5, 0.6) is 23.0 Å². The number of hydrogen-bond donors (Lipinski definition) is 0. The van der Waals surface area contributed by atoms with Gasteiger partial charge < -0.3 is 47.0 Å². The molecule has 4 aromatic heterocycles. The van der Waals surface area contributed by atoms with E-state index >= 15 is 0 Å². The Morgan fingerprint density at radius 3 is 1.60 bits per heavy atom. The maximum atomic E-state index is 14.5. The molecule has 0 aliphatic carbocycles. The third-order valence-electron chi connectivity index (χ3n) is 17.0. The average molecular weight is 1060 g/mol. The number of nitrogens with zero attached hydrogens (tertiary/aromatic N) is 7. The highest BCUT2D eigenvalue weighted by molar-refractivity contribution is 5.93. The normalized spacial score (nSPS) is 21.8. The van der Waals surface area contributed by atoms with Crippen LogP contribution in [0.1, 0.15) is 113 Å². The number of pyridine rings is 4. The number of ether oxygens (including phenoxy) is 8. The van der Waals surface area contributed by atoms with Gasteiger partial charge in [0.1, 0.15) is 13.2 Å². The smallest absolute Gasteiger partial charge is 0.343 e. The Bertz CT molecular complexity index is 3650. The average Bonchev–Trinajstić information content (AvgIpc) is 4.38. The fourth-order valence-electron chi connectivity index (χ4n) is 13.1. The van der Waals surface area contributed by atoms with E-state index < -0.39 is 29.4 Å². The van der Waals surface area contributed by atoms with E-state index in [2.05, 4.69) is 34.6 Å². The van der Waals surface area contributed by atoms with Gasteiger partial charge in [-0.25, -0.2) is 19.6 Å². The summed E-state index contributed by atoms with van der Waals surface area (Å²) in [5, 5.41) is 1.88. The van der Waals surface area contributed by atoms with Gasteiger partial charge in [-0.2, -0.15) is 0 Å². The molecule has 2 aromatic carbocycles. The molecule has 0 saturated carbocycles. The van der Waals surface area contributed by atoms with Crippen molar-refractivity contribution in [3.63, 3.8) is 0 Å². The number of fused-ring (bicyclic) bond motifs is 12. The molecule has 13 rings (SSSR count). The molecule has 0 amide bonds. The predicted molar refractivity (Wildman–Crippen MR) is 287 cm³/mol.